The van der Waals surface area contributed by atoms with Crippen molar-refractivity contribution in [3.8, 4) is 5.69 Å². The van der Waals surface area contributed by atoms with E-state index in [2.05, 4.69) is 20.5 Å². The first-order chi connectivity index (χ1) is 15.4. The Kier molecular flexibility index (Phi) is 4.69. The molecule has 2 aromatic heterocycles. The van der Waals surface area contributed by atoms with Gasteiger partial charge in [0.25, 0.3) is 0 Å². The van der Waals surface area contributed by atoms with Crippen molar-refractivity contribution in [3.63, 3.8) is 0 Å². The van der Waals surface area contributed by atoms with Crippen LogP contribution in [0.25, 0.3) is 27.6 Å². The third kappa shape index (κ3) is 3.49. The number of carboxylic acids is 1. The Balaban J connectivity index is 1.62. The van der Waals surface area contributed by atoms with Crippen LogP contribution in [0.4, 0.5) is 10.2 Å². The molecule has 9 nitrogen and oxygen atoms in total. The number of aromatic carboxylic acids is 1. The van der Waals surface area contributed by atoms with E-state index in [0.29, 0.717) is 46.5 Å². The predicted octanol–water partition coefficient (Wildman–Crippen LogP) is 2.52. The monoisotopic (exact) mass is 434 g/mol. The molecule has 0 aliphatic carbocycles. The summed E-state index contributed by atoms with van der Waals surface area (Å²) in [4.78, 5) is 31.4. The minimum absolute atomic E-state index is 0.00748. The van der Waals surface area contributed by atoms with Gasteiger partial charge >= 0.3 is 5.97 Å². The zero-order chi connectivity index (χ0) is 22.4. The number of anilines is 1. The van der Waals surface area contributed by atoms with E-state index >= 15 is 0 Å². The molecule has 0 saturated carbocycles. The Morgan fingerprint density at radius 2 is 1.97 bits per heavy atom. The molecular formula is C22H19FN6O3. The van der Waals surface area contributed by atoms with Crippen LogP contribution in [0.2, 0.25) is 0 Å². The van der Waals surface area contributed by atoms with Gasteiger partial charge in [0.05, 0.1) is 16.8 Å². The number of nitrogens with one attached hydrogen (secondary N) is 1. The van der Waals surface area contributed by atoms with Crippen LogP contribution >= 0.6 is 0 Å². The van der Waals surface area contributed by atoms with Gasteiger partial charge in [-0.25, -0.2) is 14.2 Å². The summed E-state index contributed by atoms with van der Waals surface area (Å²) in [6, 6.07) is 10.8. The van der Waals surface area contributed by atoms with Gasteiger partial charge in [-0.1, -0.05) is 6.07 Å². The maximum atomic E-state index is 13.6. The Labute approximate surface area is 181 Å². The molecular weight excluding hydrogens is 415 g/mol. The largest absolute Gasteiger partial charge is 0.478 e. The molecule has 32 heavy (non-hydrogen) atoms. The number of hydrogen-bond acceptors (Lipinski definition) is 6. The molecule has 10 heteroatoms. The van der Waals surface area contributed by atoms with Crippen LogP contribution in [0.5, 0.6) is 0 Å². The lowest BCUT2D eigenvalue weighted by Gasteiger charge is -2.19. The van der Waals surface area contributed by atoms with Crippen molar-refractivity contribution in [1.82, 2.24) is 25.3 Å². The lowest BCUT2D eigenvalue weighted by molar-refractivity contribution is -0.119. The fourth-order valence-electron chi connectivity index (χ4n) is 4.11. The number of carbonyl (C=O) groups excluding carboxylic acids is 1. The van der Waals surface area contributed by atoms with E-state index in [-0.39, 0.29) is 17.5 Å². The SMILES string of the molecule is CC(=O)N[C@@H]1CCN(c2cc(C(=O)O)c3c(ccc4nn(-c5cccc(F)c5)nc43)n2)C1. The molecule has 0 unspecified atom stereocenters. The van der Waals surface area contributed by atoms with E-state index in [1.54, 1.807) is 24.3 Å². The predicted molar refractivity (Wildman–Crippen MR) is 116 cm³/mol. The first-order valence-corrected chi connectivity index (χ1v) is 10.1. The maximum Gasteiger partial charge on any atom is 0.336 e. The highest BCUT2D eigenvalue weighted by Crippen LogP contribution is 2.30. The van der Waals surface area contributed by atoms with Gasteiger partial charge in [-0.15, -0.1) is 10.2 Å². The van der Waals surface area contributed by atoms with E-state index < -0.39 is 11.8 Å². The summed E-state index contributed by atoms with van der Waals surface area (Å²) >= 11 is 0. The van der Waals surface area contributed by atoms with Crippen LogP contribution in [-0.4, -0.2) is 56.1 Å². The van der Waals surface area contributed by atoms with Gasteiger partial charge < -0.3 is 15.3 Å². The Morgan fingerprint density at radius 3 is 2.72 bits per heavy atom. The Hall–Kier alpha value is -4.08. The highest BCUT2D eigenvalue weighted by molar-refractivity contribution is 6.13. The molecule has 1 aliphatic heterocycles. The van der Waals surface area contributed by atoms with Gasteiger partial charge in [0, 0.05) is 37.5 Å². The number of pyridine rings is 1. The summed E-state index contributed by atoms with van der Waals surface area (Å²) in [7, 11) is 0. The fraction of sp³-hybridized carbons (Fsp3) is 0.227. The van der Waals surface area contributed by atoms with Gasteiger partial charge in [-0.2, -0.15) is 4.80 Å². The second kappa shape index (κ2) is 7.56. The van der Waals surface area contributed by atoms with E-state index in [9.17, 15) is 19.1 Å². The minimum Gasteiger partial charge on any atom is -0.478 e. The normalized spacial score (nSPS) is 16.1. The lowest BCUT2D eigenvalue weighted by Crippen LogP contribution is -2.35. The molecule has 5 rings (SSSR count). The molecule has 1 aliphatic rings. The molecule has 162 valence electrons. The van der Waals surface area contributed by atoms with Crippen LogP contribution in [0, 0.1) is 5.82 Å². The highest BCUT2D eigenvalue weighted by Gasteiger charge is 2.26. The Bertz CT molecular complexity index is 1390. The Morgan fingerprint density at radius 1 is 1.16 bits per heavy atom. The molecule has 4 aromatic rings. The standard InChI is InChI=1S/C22H19FN6O3/c1-12(30)24-14-7-8-28(11-14)19-10-16(22(31)32)20-17(25-19)5-6-18-21(20)27-29(26-18)15-4-2-3-13(23)9-15/h2-6,9-10,14H,7-8,11H2,1H3,(H,24,30)(H,31,32)/t14-/m1/s1. The van der Waals surface area contributed by atoms with Gasteiger partial charge in [0.1, 0.15) is 22.7 Å². The highest BCUT2D eigenvalue weighted by atomic mass is 19.1. The topological polar surface area (TPSA) is 113 Å². The van der Waals surface area contributed by atoms with Crippen molar-refractivity contribution < 1.29 is 19.1 Å². The molecule has 3 heterocycles. The molecule has 1 atom stereocenters. The van der Waals surface area contributed by atoms with Crippen LogP contribution < -0.4 is 10.2 Å². The molecule has 2 aromatic carbocycles. The fourth-order valence-corrected chi connectivity index (χ4v) is 4.11. The van der Waals surface area contributed by atoms with Crippen molar-refractivity contribution in [1.29, 1.82) is 0 Å². The van der Waals surface area contributed by atoms with Crippen molar-refractivity contribution in [2.24, 2.45) is 0 Å². The molecule has 0 spiro atoms. The summed E-state index contributed by atoms with van der Waals surface area (Å²) in [6.07, 6.45) is 0.753. The van der Waals surface area contributed by atoms with Crippen LogP contribution in [0.1, 0.15) is 23.7 Å². The maximum absolute atomic E-state index is 13.6. The van der Waals surface area contributed by atoms with Gasteiger partial charge in [0.15, 0.2) is 0 Å². The summed E-state index contributed by atoms with van der Waals surface area (Å²) in [5, 5.41) is 22.0. The van der Waals surface area contributed by atoms with E-state index in [4.69, 9.17) is 0 Å². The molecule has 0 bridgehead atoms. The van der Waals surface area contributed by atoms with Gasteiger partial charge in [-0.3, -0.25) is 4.79 Å². The number of halogens is 1. The van der Waals surface area contributed by atoms with Crippen LogP contribution in [-0.2, 0) is 4.79 Å². The molecule has 1 saturated heterocycles. The van der Waals surface area contributed by atoms with Crippen molar-refractivity contribution in [2.75, 3.05) is 18.0 Å². The molecule has 1 amide bonds. The second-order valence-electron chi connectivity index (χ2n) is 7.76. The molecule has 0 radical (unpaired) electrons. The summed E-state index contributed by atoms with van der Waals surface area (Å²) in [6.45, 7) is 2.68. The van der Waals surface area contributed by atoms with E-state index in [1.807, 2.05) is 4.90 Å². The third-order valence-electron chi connectivity index (χ3n) is 5.50. The van der Waals surface area contributed by atoms with E-state index in [1.165, 1.54) is 29.9 Å². The van der Waals surface area contributed by atoms with Crippen LogP contribution in [0.15, 0.2) is 42.5 Å². The molecule has 2 N–H and O–H groups in total. The first kappa shape index (κ1) is 19.9. The molecule has 1 fully saturated rings. The average molecular weight is 434 g/mol. The number of nitrogens with zero attached hydrogens (tertiary/aromatic N) is 5. The van der Waals surface area contributed by atoms with Crippen molar-refractivity contribution >= 4 is 39.6 Å². The average Bonchev–Trinajstić information content (AvgIpc) is 3.39. The number of fused-ring (bicyclic) bond motifs is 3. The summed E-state index contributed by atoms with van der Waals surface area (Å²) in [5.74, 6) is -1.10. The smallest absolute Gasteiger partial charge is 0.336 e. The number of aromatic nitrogens is 4. The number of rotatable bonds is 4. The number of hydrogen-bond donors (Lipinski definition) is 2. The zero-order valence-electron chi connectivity index (χ0n) is 17.1. The number of benzene rings is 2. The van der Waals surface area contributed by atoms with Crippen molar-refractivity contribution in [3.05, 3.63) is 53.8 Å². The third-order valence-corrected chi connectivity index (χ3v) is 5.50. The van der Waals surface area contributed by atoms with E-state index in [0.717, 1.165) is 6.42 Å². The quantitative estimate of drug-likeness (QED) is 0.507. The van der Waals surface area contributed by atoms with Crippen LogP contribution in [0.3, 0.4) is 0 Å². The second-order valence-corrected chi connectivity index (χ2v) is 7.76. The number of carboxylic acid groups (broad SMARTS) is 1. The van der Waals surface area contributed by atoms with Gasteiger partial charge in [0.2, 0.25) is 5.91 Å². The summed E-state index contributed by atoms with van der Waals surface area (Å²) in [5.41, 5.74) is 1.81. The number of amides is 1. The number of carbonyl (C=O) groups is 2. The lowest BCUT2D eigenvalue weighted by atomic mass is 10.1. The minimum atomic E-state index is -1.11. The zero-order valence-corrected chi connectivity index (χ0v) is 17.1. The first-order valence-electron chi connectivity index (χ1n) is 10.1. The van der Waals surface area contributed by atoms with Crippen molar-refractivity contribution in [2.45, 2.75) is 19.4 Å². The summed E-state index contributed by atoms with van der Waals surface area (Å²) < 4.78 is 13.6. The van der Waals surface area contributed by atoms with Gasteiger partial charge in [-0.05, 0) is 36.8 Å².